The summed E-state index contributed by atoms with van der Waals surface area (Å²) in [6.07, 6.45) is 2.74. The molecular weight excluding hydrogens is 360 g/mol. The van der Waals surface area contributed by atoms with Crippen molar-refractivity contribution < 1.29 is 19.1 Å². The van der Waals surface area contributed by atoms with Crippen molar-refractivity contribution in [2.24, 2.45) is 0 Å². The van der Waals surface area contributed by atoms with Crippen LogP contribution in [0.3, 0.4) is 0 Å². The van der Waals surface area contributed by atoms with Gasteiger partial charge in [0.1, 0.15) is 11.8 Å². The number of esters is 1. The third-order valence-electron chi connectivity index (χ3n) is 4.87. The van der Waals surface area contributed by atoms with Gasteiger partial charge in [-0.15, -0.1) is 0 Å². The minimum Gasteiger partial charge on any atom is -0.467 e. The van der Waals surface area contributed by atoms with E-state index in [9.17, 15) is 9.59 Å². The van der Waals surface area contributed by atoms with E-state index in [-0.39, 0.29) is 5.91 Å². The van der Waals surface area contributed by atoms with Gasteiger partial charge in [0.2, 0.25) is 0 Å². The topological polar surface area (TPSA) is 86.6 Å². The van der Waals surface area contributed by atoms with Crippen molar-refractivity contribution in [1.29, 1.82) is 0 Å². The molecule has 1 aromatic carbocycles. The predicted molar refractivity (Wildman–Crippen MR) is 101 cm³/mol. The van der Waals surface area contributed by atoms with E-state index in [0.717, 1.165) is 5.69 Å². The second-order valence-corrected chi connectivity index (χ2v) is 6.56. The molecule has 2 aromatic heterocycles. The lowest BCUT2D eigenvalue weighted by Gasteiger charge is -2.37. The van der Waals surface area contributed by atoms with Crippen LogP contribution in [0.2, 0.25) is 0 Å². The Bertz CT molecular complexity index is 1020. The monoisotopic (exact) mass is 380 g/mol. The summed E-state index contributed by atoms with van der Waals surface area (Å²) in [6, 6.07) is 10.6. The van der Waals surface area contributed by atoms with Crippen molar-refractivity contribution in [3.8, 4) is 5.69 Å². The van der Waals surface area contributed by atoms with Gasteiger partial charge < -0.3 is 14.4 Å². The van der Waals surface area contributed by atoms with E-state index in [4.69, 9.17) is 9.47 Å². The third-order valence-corrected chi connectivity index (χ3v) is 4.87. The van der Waals surface area contributed by atoms with Gasteiger partial charge in [0.05, 0.1) is 25.4 Å². The number of aromatic nitrogens is 3. The Balaban J connectivity index is 1.67. The van der Waals surface area contributed by atoms with Crippen LogP contribution in [0.15, 0.2) is 48.9 Å². The second kappa shape index (κ2) is 7.40. The summed E-state index contributed by atoms with van der Waals surface area (Å²) in [5.74, 6) is -0.794. The third kappa shape index (κ3) is 3.11. The lowest BCUT2D eigenvalue weighted by molar-refractivity contribution is -0.156. The van der Waals surface area contributed by atoms with Crippen LogP contribution in [0.1, 0.15) is 17.3 Å². The minimum absolute atomic E-state index is 0.297. The fourth-order valence-electron chi connectivity index (χ4n) is 3.45. The zero-order valence-corrected chi connectivity index (χ0v) is 15.6. The van der Waals surface area contributed by atoms with E-state index in [0.29, 0.717) is 29.9 Å². The van der Waals surface area contributed by atoms with Crippen molar-refractivity contribution in [3.05, 3.63) is 54.5 Å². The maximum atomic E-state index is 13.1. The molecule has 0 radical (unpaired) electrons. The molecule has 0 saturated carbocycles. The van der Waals surface area contributed by atoms with Gasteiger partial charge in [-0.2, -0.15) is 0 Å². The summed E-state index contributed by atoms with van der Waals surface area (Å²) in [7, 11) is 1.30. The summed E-state index contributed by atoms with van der Waals surface area (Å²) >= 11 is 0. The highest BCUT2D eigenvalue weighted by atomic mass is 16.5. The molecule has 8 heteroatoms. The summed E-state index contributed by atoms with van der Waals surface area (Å²) < 4.78 is 12.2. The average molecular weight is 380 g/mol. The van der Waals surface area contributed by atoms with E-state index in [1.165, 1.54) is 18.2 Å². The molecule has 0 N–H and O–H groups in total. The number of methoxy groups -OCH3 is 1. The Morgan fingerprint density at radius 3 is 2.75 bits per heavy atom. The van der Waals surface area contributed by atoms with Crippen LogP contribution < -0.4 is 0 Å². The molecule has 0 aliphatic carbocycles. The Hall–Kier alpha value is -3.26. The summed E-state index contributed by atoms with van der Waals surface area (Å²) in [6.45, 7) is 2.42. The molecule has 144 valence electrons. The first-order chi connectivity index (χ1) is 13.6. The fourth-order valence-corrected chi connectivity index (χ4v) is 3.45. The molecule has 28 heavy (non-hydrogen) atoms. The van der Waals surface area contributed by atoms with Crippen molar-refractivity contribution in [2.45, 2.75) is 19.1 Å². The molecule has 3 aromatic rings. The normalized spacial score (nSPS) is 19.6. The molecule has 8 nitrogen and oxygen atoms in total. The van der Waals surface area contributed by atoms with Gasteiger partial charge in [-0.3, -0.25) is 9.36 Å². The van der Waals surface area contributed by atoms with E-state index in [1.54, 1.807) is 19.3 Å². The Morgan fingerprint density at radius 2 is 2.00 bits per heavy atom. The number of ether oxygens (including phenoxy) is 2. The number of imidazole rings is 1. The predicted octanol–water partition coefficient (Wildman–Crippen LogP) is 1.82. The highest BCUT2D eigenvalue weighted by Crippen LogP contribution is 2.21. The highest BCUT2D eigenvalue weighted by Gasteiger charge is 2.39. The first-order valence-corrected chi connectivity index (χ1v) is 8.99. The fraction of sp³-hybridized carbons (Fsp3) is 0.300. The van der Waals surface area contributed by atoms with Crippen molar-refractivity contribution in [2.75, 3.05) is 20.3 Å². The zero-order valence-electron chi connectivity index (χ0n) is 15.6. The average Bonchev–Trinajstić information content (AvgIpc) is 3.16. The Labute approximate surface area is 161 Å². The smallest absolute Gasteiger partial charge is 0.331 e. The number of amides is 1. The van der Waals surface area contributed by atoms with Crippen LogP contribution in [-0.2, 0) is 14.3 Å². The first kappa shape index (κ1) is 18.1. The van der Waals surface area contributed by atoms with Gasteiger partial charge in [0.15, 0.2) is 11.7 Å². The van der Waals surface area contributed by atoms with Crippen LogP contribution in [-0.4, -0.2) is 63.7 Å². The lowest BCUT2D eigenvalue weighted by atomic mass is 10.1. The molecule has 1 aliphatic rings. The molecule has 1 saturated heterocycles. The van der Waals surface area contributed by atoms with Crippen molar-refractivity contribution >= 4 is 23.0 Å². The van der Waals surface area contributed by atoms with Gasteiger partial charge in [-0.05, 0) is 25.1 Å². The van der Waals surface area contributed by atoms with Crippen LogP contribution in [0, 0.1) is 0 Å². The number of para-hydroxylation sites is 1. The number of rotatable bonds is 3. The van der Waals surface area contributed by atoms with Crippen LogP contribution in [0.4, 0.5) is 0 Å². The number of hydrogen-bond donors (Lipinski definition) is 0. The van der Waals surface area contributed by atoms with Gasteiger partial charge in [-0.25, -0.2) is 14.8 Å². The van der Waals surface area contributed by atoms with Crippen LogP contribution in [0.5, 0.6) is 0 Å². The van der Waals surface area contributed by atoms with Gasteiger partial charge in [-0.1, -0.05) is 18.2 Å². The molecule has 1 amide bonds. The van der Waals surface area contributed by atoms with Crippen LogP contribution >= 0.6 is 0 Å². The maximum Gasteiger partial charge on any atom is 0.331 e. The summed E-state index contributed by atoms with van der Waals surface area (Å²) in [5, 5.41) is 0. The molecule has 0 bridgehead atoms. The first-order valence-electron chi connectivity index (χ1n) is 8.99. The minimum atomic E-state index is -0.788. The van der Waals surface area contributed by atoms with Gasteiger partial charge in [0.25, 0.3) is 5.91 Å². The molecular formula is C20H20N4O4. The summed E-state index contributed by atoms with van der Waals surface area (Å²) in [4.78, 5) is 35.6. The molecule has 2 atom stereocenters. The molecule has 1 aliphatic heterocycles. The second-order valence-electron chi connectivity index (χ2n) is 6.56. The Kier molecular flexibility index (Phi) is 4.79. The van der Waals surface area contributed by atoms with Crippen LogP contribution in [0.25, 0.3) is 16.9 Å². The standard InChI is InChI=1S/C20H20N4O4/c1-13-17(20(26)27-2)23(8-9-28-13)19(25)14-10-16-18(21-11-14)24(12-22-16)15-6-4-3-5-7-15/h3-7,10-13,17H,8-9H2,1-2H3/t13-,17+/m1/s1. The van der Waals surface area contributed by atoms with Crippen molar-refractivity contribution in [1.82, 2.24) is 19.4 Å². The largest absolute Gasteiger partial charge is 0.467 e. The number of morpholine rings is 1. The van der Waals surface area contributed by atoms with Gasteiger partial charge in [0, 0.05) is 18.4 Å². The number of nitrogens with zero attached hydrogens (tertiary/aromatic N) is 4. The summed E-state index contributed by atoms with van der Waals surface area (Å²) in [5.41, 5.74) is 2.56. The molecule has 3 heterocycles. The molecule has 4 rings (SSSR count). The number of carbonyl (C=O) groups excluding carboxylic acids is 2. The number of benzene rings is 1. The van der Waals surface area contributed by atoms with E-state index in [1.807, 2.05) is 34.9 Å². The van der Waals surface area contributed by atoms with E-state index < -0.39 is 18.1 Å². The molecule has 1 fully saturated rings. The Morgan fingerprint density at radius 1 is 1.21 bits per heavy atom. The number of fused-ring (bicyclic) bond motifs is 1. The highest BCUT2D eigenvalue weighted by molar-refractivity contribution is 5.98. The number of hydrogen-bond acceptors (Lipinski definition) is 6. The maximum absolute atomic E-state index is 13.1. The number of carbonyl (C=O) groups is 2. The molecule has 0 unspecified atom stereocenters. The van der Waals surface area contributed by atoms with E-state index >= 15 is 0 Å². The SMILES string of the molecule is COC(=O)[C@@H]1[C@@H](C)OCCN1C(=O)c1cnc2c(c1)ncn2-c1ccccc1. The zero-order chi connectivity index (χ0) is 19.7. The van der Waals surface area contributed by atoms with E-state index in [2.05, 4.69) is 9.97 Å². The lowest BCUT2D eigenvalue weighted by Crippen LogP contribution is -2.56. The molecule has 0 spiro atoms. The quantitative estimate of drug-likeness (QED) is 0.644. The van der Waals surface area contributed by atoms with Gasteiger partial charge >= 0.3 is 5.97 Å². The number of pyridine rings is 1. The van der Waals surface area contributed by atoms with Crippen molar-refractivity contribution in [3.63, 3.8) is 0 Å².